The van der Waals surface area contributed by atoms with Crippen LogP contribution in [-0.4, -0.2) is 32.6 Å². The Kier molecular flexibility index (Phi) is 3.75. The first kappa shape index (κ1) is 12.1. The van der Waals surface area contributed by atoms with Gasteiger partial charge in [0.15, 0.2) is 0 Å². The lowest BCUT2D eigenvalue weighted by molar-refractivity contribution is -0.145. The third-order valence-corrected chi connectivity index (χ3v) is 4.09. The van der Waals surface area contributed by atoms with Gasteiger partial charge in [0, 0.05) is 6.42 Å². The largest absolute Gasteiger partial charge is 0.334 e. The van der Waals surface area contributed by atoms with Crippen LogP contribution in [0.25, 0.3) is 10.7 Å². The highest BCUT2D eigenvalue weighted by molar-refractivity contribution is 8.00. The van der Waals surface area contributed by atoms with Gasteiger partial charge in [0.05, 0.1) is 9.09 Å². The highest BCUT2D eigenvalue weighted by atomic mass is 32.2. The van der Waals surface area contributed by atoms with E-state index in [1.807, 2.05) is 18.4 Å². The molecular weight excluding hydrogens is 260 g/mol. The third kappa shape index (κ3) is 2.64. The van der Waals surface area contributed by atoms with Gasteiger partial charge < -0.3 is 4.84 Å². The molecule has 0 aromatic carbocycles. The quantitative estimate of drug-likeness (QED) is 0.619. The first-order chi connectivity index (χ1) is 8.24. The molecule has 0 fully saturated rings. The summed E-state index contributed by atoms with van der Waals surface area (Å²) in [6.07, 6.45) is 2.27. The molecule has 2 aromatic heterocycles. The lowest BCUT2D eigenvalue weighted by atomic mass is 10.4. The van der Waals surface area contributed by atoms with Crippen LogP contribution in [-0.2, 0) is 4.79 Å². The normalized spacial score (nSPS) is 10.5. The molecule has 0 atom stereocenters. The molecule has 8 heteroatoms. The van der Waals surface area contributed by atoms with Crippen LogP contribution < -0.4 is 4.84 Å². The van der Waals surface area contributed by atoms with Crippen LogP contribution in [0.5, 0.6) is 0 Å². The zero-order valence-corrected chi connectivity index (χ0v) is 10.9. The highest BCUT2D eigenvalue weighted by Gasteiger charge is 2.14. The van der Waals surface area contributed by atoms with Gasteiger partial charge in [0.1, 0.15) is 0 Å². The number of nitrogens with zero attached hydrogens (tertiary/aromatic N) is 4. The van der Waals surface area contributed by atoms with Crippen molar-refractivity contribution in [3.8, 4) is 10.7 Å². The lowest BCUT2D eigenvalue weighted by Crippen LogP contribution is -2.20. The fourth-order valence-electron chi connectivity index (χ4n) is 1.10. The minimum atomic E-state index is -0.375. The molecule has 0 aliphatic carbocycles. The summed E-state index contributed by atoms with van der Waals surface area (Å²) in [6.45, 7) is 1.71. The Bertz CT molecular complexity index is 523. The summed E-state index contributed by atoms with van der Waals surface area (Å²) in [4.78, 5) is 18.1. The zero-order valence-electron chi connectivity index (χ0n) is 9.28. The van der Waals surface area contributed by atoms with Gasteiger partial charge in [-0.1, -0.05) is 6.92 Å². The van der Waals surface area contributed by atoms with Crippen molar-refractivity contribution in [2.45, 2.75) is 17.6 Å². The Hall–Kier alpha value is -1.41. The fourth-order valence-corrected chi connectivity index (χ4v) is 2.60. The molecule has 90 valence electrons. The summed E-state index contributed by atoms with van der Waals surface area (Å²) < 4.78 is 1.15. The molecule has 0 radical (unpaired) electrons. The standard InChI is InChI=1S/C9H10N4O2S2/c1-3-7(14)15-13-9(10-11-12-13)6-4-5-8(16-2)17-6/h4-5H,3H2,1-2H3. The van der Waals surface area contributed by atoms with Gasteiger partial charge in [-0.05, 0) is 33.7 Å². The number of thioether (sulfide) groups is 1. The first-order valence-corrected chi connectivity index (χ1v) is 6.92. The molecule has 17 heavy (non-hydrogen) atoms. The van der Waals surface area contributed by atoms with Gasteiger partial charge in [-0.15, -0.1) is 28.2 Å². The monoisotopic (exact) mass is 270 g/mol. The number of carbonyl (C=O) groups excluding carboxylic acids is 1. The van der Waals surface area contributed by atoms with Crippen LogP contribution in [0.4, 0.5) is 0 Å². The summed E-state index contributed by atoms with van der Waals surface area (Å²) in [5.74, 6) is 0.0669. The number of aromatic nitrogens is 4. The van der Waals surface area contributed by atoms with Crippen molar-refractivity contribution in [1.29, 1.82) is 0 Å². The third-order valence-electron chi connectivity index (χ3n) is 1.92. The van der Waals surface area contributed by atoms with E-state index in [1.165, 1.54) is 0 Å². The van der Waals surface area contributed by atoms with Crippen LogP contribution in [0.1, 0.15) is 13.3 Å². The second-order valence-corrected chi connectivity index (χ2v) is 5.21. The van der Waals surface area contributed by atoms with Crippen LogP contribution in [0.2, 0.25) is 0 Å². The Morgan fingerprint density at radius 3 is 3.06 bits per heavy atom. The van der Waals surface area contributed by atoms with Crippen molar-refractivity contribution in [2.75, 3.05) is 6.26 Å². The van der Waals surface area contributed by atoms with Gasteiger partial charge >= 0.3 is 5.97 Å². The SMILES string of the molecule is CCC(=O)On1nnnc1-c1ccc(SC)s1. The number of hydrogen-bond donors (Lipinski definition) is 0. The van der Waals surface area contributed by atoms with Crippen LogP contribution in [0.3, 0.4) is 0 Å². The van der Waals surface area contributed by atoms with Crippen molar-refractivity contribution in [2.24, 2.45) is 0 Å². The summed E-state index contributed by atoms with van der Waals surface area (Å²) in [5.41, 5.74) is 0. The molecule has 0 aliphatic heterocycles. The van der Waals surface area contributed by atoms with Crippen LogP contribution in [0, 0.1) is 0 Å². The van der Waals surface area contributed by atoms with E-state index in [4.69, 9.17) is 4.84 Å². The number of hydrogen-bond acceptors (Lipinski definition) is 7. The predicted octanol–water partition coefficient (Wildman–Crippen LogP) is 1.49. The Labute approximate surface area is 106 Å². The molecule has 0 amide bonds. The highest BCUT2D eigenvalue weighted by Crippen LogP contribution is 2.31. The second kappa shape index (κ2) is 5.28. The Morgan fingerprint density at radius 1 is 1.59 bits per heavy atom. The molecular formula is C9H10N4O2S2. The molecule has 2 aromatic rings. The van der Waals surface area contributed by atoms with Crippen molar-refractivity contribution >= 4 is 29.1 Å². The van der Waals surface area contributed by atoms with Gasteiger partial charge in [-0.25, -0.2) is 4.79 Å². The molecule has 0 N–H and O–H groups in total. The van der Waals surface area contributed by atoms with Crippen LogP contribution in [0.15, 0.2) is 16.3 Å². The number of thiophene rings is 1. The van der Waals surface area contributed by atoms with Gasteiger partial charge in [0.25, 0.3) is 0 Å². The summed E-state index contributed by atoms with van der Waals surface area (Å²) in [6, 6.07) is 3.88. The summed E-state index contributed by atoms with van der Waals surface area (Å²) in [5, 5.41) is 11.0. The van der Waals surface area contributed by atoms with Gasteiger partial charge in [0.2, 0.25) is 5.82 Å². The summed E-state index contributed by atoms with van der Waals surface area (Å²) >= 11 is 3.19. The molecule has 2 rings (SSSR count). The lowest BCUT2D eigenvalue weighted by Gasteiger charge is -2.01. The fraction of sp³-hybridized carbons (Fsp3) is 0.333. The minimum absolute atomic E-state index is 0.278. The molecule has 0 bridgehead atoms. The van der Waals surface area contributed by atoms with Gasteiger partial charge in [-0.2, -0.15) is 0 Å². The van der Waals surface area contributed by atoms with E-state index in [0.29, 0.717) is 5.82 Å². The average molecular weight is 270 g/mol. The maximum Gasteiger partial charge on any atom is 0.334 e. The second-order valence-electron chi connectivity index (χ2n) is 3.02. The molecule has 0 unspecified atom stereocenters. The Balaban J connectivity index is 2.26. The van der Waals surface area contributed by atoms with Crippen molar-refractivity contribution in [3.63, 3.8) is 0 Å². The molecule has 0 saturated heterocycles. The van der Waals surface area contributed by atoms with E-state index >= 15 is 0 Å². The Morgan fingerprint density at radius 2 is 2.41 bits per heavy atom. The molecule has 0 saturated carbocycles. The number of carbonyl (C=O) groups is 1. The predicted molar refractivity (Wildman–Crippen MR) is 64.8 cm³/mol. The van der Waals surface area contributed by atoms with E-state index in [9.17, 15) is 4.79 Å². The van der Waals surface area contributed by atoms with E-state index in [-0.39, 0.29) is 12.4 Å². The van der Waals surface area contributed by atoms with E-state index in [2.05, 4.69) is 15.5 Å². The van der Waals surface area contributed by atoms with E-state index in [1.54, 1.807) is 30.0 Å². The summed E-state index contributed by atoms with van der Waals surface area (Å²) in [7, 11) is 0. The topological polar surface area (TPSA) is 69.9 Å². The molecule has 2 heterocycles. The minimum Gasteiger partial charge on any atom is -0.316 e. The molecule has 0 aliphatic rings. The number of rotatable bonds is 4. The van der Waals surface area contributed by atoms with Crippen molar-refractivity contribution in [3.05, 3.63) is 12.1 Å². The van der Waals surface area contributed by atoms with Gasteiger partial charge in [-0.3, -0.25) is 0 Å². The maximum absolute atomic E-state index is 11.2. The van der Waals surface area contributed by atoms with Crippen molar-refractivity contribution < 1.29 is 9.63 Å². The maximum atomic E-state index is 11.2. The first-order valence-electron chi connectivity index (χ1n) is 4.88. The van der Waals surface area contributed by atoms with E-state index < -0.39 is 0 Å². The molecule has 0 spiro atoms. The van der Waals surface area contributed by atoms with Crippen LogP contribution >= 0.6 is 23.1 Å². The zero-order chi connectivity index (χ0) is 12.3. The van der Waals surface area contributed by atoms with E-state index in [0.717, 1.165) is 13.9 Å². The smallest absolute Gasteiger partial charge is 0.316 e. The molecule has 6 nitrogen and oxygen atoms in total. The van der Waals surface area contributed by atoms with Crippen molar-refractivity contribution in [1.82, 2.24) is 20.4 Å². The average Bonchev–Trinajstić information content (AvgIpc) is 2.96. The number of tetrazole rings is 1.